The van der Waals surface area contributed by atoms with Gasteiger partial charge < -0.3 is 4.74 Å². The molecule has 1 fully saturated rings. The van der Waals surface area contributed by atoms with Gasteiger partial charge in [-0.25, -0.2) is 0 Å². The fraction of sp³-hybridized carbons (Fsp3) is 0.440. The van der Waals surface area contributed by atoms with Crippen LogP contribution in [0.5, 0.6) is 5.75 Å². The van der Waals surface area contributed by atoms with Crippen LogP contribution in [0.4, 0.5) is 0 Å². The van der Waals surface area contributed by atoms with Crippen molar-refractivity contribution in [2.75, 3.05) is 6.61 Å². The summed E-state index contributed by atoms with van der Waals surface area (Å²) in [5.41, 5.74) is 4.07. The summed E-state index contributed by atoms with van der Waals surface area (Å²) < 4.78 is 5.48. The Morgan fingerprint density at radius 2 is 1.58 bits per heavy atom. The summed E-state index contributed by atoms with van der Waals surface area (Å²) in [5, 5.41) is 0. The van der Waals surface area contributed by atoms with Crippen molar-refractivity contribution in [3.63, 3.8) is 0 Å². The molecule has 1 nitrogen and oxygen atoms in total. The average Bonchev–Trinajstić information content (AvgIpc) is 2.69. The third-order valence-electron chi connectivity index (χ3n) is 5.30. The van der Waals surface area contributed by atoms with E-state index in [4.69, 9.17) is 4.74 Å². The molecule has 1 aliphatic carbocycles. The molecule has 2 aromatic rings. The van der Waals surface area contributed by atoms with Crippen LogP contribution < -0.4 is 4.74 Å². The van der Waals surface area contributed by atoms with Gasteiger partial charge in [0.1, 0.15) is 5.75 Å². The van der Waals surface area contributed by atoms with E-state index in [0.717, 1.165) is 11.3 Å². The van der Waals surface area contributed by atoms with Crippen molar-refractivity contribution in [3.05, 3.63) is 65.2 Å². The Morgan fingerprint density at radius 1 is 0.885 bits per heavy atom. The molecule has 0 aromatic heterocycles. The predicted molar refractivity (Wildman–Crippen MR) is 110 cm³/mol. The van der Waals surface area contributed by atoms with Crippen molar-refractivity contribution in [2.45, 2.75) is 58.3 Å². The number of aryl methyl sites for hydroxylation is 1. The molecule has 0 spiro atoms. The summed E-state index contributed by atoms with van der Waals surface area (Å²) in [6.07, 6.45) is 7.36. The molecule has 1 aliphatic rings. The van der Waals surface area contributed by atoms with Crippen molar-refractivity contribution < 1.29 is 4.74 Å². The van der Waals surface area contributed by atoms with Crippen molar-refractivity contribution in [1.82, 2.24) is 0 Å². The third kappa shape index (κ3) is 5.15. The fourth-order valence-electron chi connectivity index (χ4n) is 3.80. The molecule has 0 radical (unpaired) electrons. The van der Waals surface area contributed by atoms with Gasteiger partial charge in [-0.2, -0.15) is 0 Å². The summed E-state index contributed by atoms with van der Waals surface area (Å²) in [7, 11) is 0. The summed E-state index contributed by atoms with van der Waals surface area (Å²) >= 11 is 0. The normalized spacial score (nSPS) is 19.5. The fourth-order valence-corrected chi connectivity index (χ4v) is 3.80. The Bertz CT molecular complexity index is 722. The molecule has 0 aliphatic heterocycles. The summed E-state index contributed by atoms with van der Waals surface area (Å²) in [6, 6.07) is 17.5. The molecule has 0 bridgehead atoms. The lowest BCUT2D eigenvalue weighted by Gasteiger charge is -2.26. The van der Waals surface area contributed by atoms with Gasteiger partial charge in [0, 0.05) is 11.5 Å². The molecule has 0 atom stereocenters. The van der Waals surface area contributed by atoms with Crippen LogP contribution in [-0.2, 0) is 6.42 Å². The average molecular weight is 347 g/mol. The van der Waals surface area contributed by atoms with Gasteiger partial charge in [0.2, 0.25) is 0 Å². The quantitative estimate of drug-likeness (QED) is 0.572. The second-order valence-electron chi connectivity index (χ2n) is 7.27. The Kier molecular flexibility index (Phi) is 6.78. The third-order valence-corrected chi connectivity index (χ3v) is 5.30. The first kappa shape index (κ1) is 18.6. The lowest BCUT2D eigenvalue weighted by molar-refractivity contribution is 0.340. The van der Waals surface area contributed by atoms with Gasteiger partial charge in [0.05, 0.1) is 6.61 Å². The Balaban J connectivity index is 1.52. The molecular weight excluding hydrogens is 316 g/mol. The van der Waals surface area contributed by atoms with Crippen LogP contribution in [0.2, 0.25) is 0 Å². The lowest BCUT2D eigenvalue weighted by atomic mass is 9.79. The minimum atomic E-state index is 0.539. The van der Waals surface area contributed by atoms with Crippen molar-refractivity contribution in [1.29, 1.82) is 0 Å². The van der Waals surface area contributed by atoms with Crippen LogP contribution in [0.1, 0.15) is 68.6 Å². The number of hydrogen-bond donors (Lipinski definition) is 0. The van der Waals surface area contributed by atoms with E-state index in [1.165, 1.54) is 49.7 Å². The zero-order chi connectivity index (χ0) is 18.2. The van der Waals surface area contributed by atoms with Crippen LogP contribution in [-0.4, -0.2) is 6.61 Å². The Hall–Kier alpha value is -2.20. The monoisotopic (exact) mass is 346 g/mol. The molecule has 2 aromatic carbocycles. The molecule has 0 amide bonds. The minimum absolute atomic E-state index is 0.539. The highest BCUT2D eigenvalue weighted by Crippen LogP contribution is 2.35. The van der Waals surface area contributed by atoms with E-state index in [1.54, 1.807) is 0 Å². The van der Waals surface area contributed by atoms with Gasteiger partial charge in [-0.15, -0.1) is 0 Å². The molecule has 0 N–H and O–H groups in total. The van der Waals surface area contributed by atoms with E-state index < -0.39 is 0 Å². The maximum Gasteiger partial charge on any atom is 0.119 e. The molecule has 1 saturated carbocycles. The molecule has 0 heterocycles. The van der Waals surface area contributed by atoms with Gasteiger partial charge in [0.25, 0.3) is 0 Å². The van der Waals surface area contributed by atoms with Gasteiger partial charge >= 0.3 is 0 Å². The number of benzene rings is 2. The van der Waals surface area contributed by atoms with E-state index in [0.29, 0.717) is 18.4 Å². The standard InChI is InChI=1S/C25H30O/c1-3-5-20-8-14-23(15-9-20)24-16-10-21(11-17-24)6-7-22-12-18-25(19-13-22)26-4-2/h8-9,12-15,18-19,21,24H,3-5,10-11,16-17H2,1-2H3. The first-order valence-electron chi connectivity index (χ1n) is 10.1. The van der Waals surface area contributed by atoms with Gasteiger partial charge in [-0.1, -0.05) is 49.5 Å². The van der Waals surface area contributed by atoms with Crippen molar-refractivity contribution in [2.24, 2.45) is 5.92 Å². The summed E-state index contributed by atoms with van der Waals surface area (Å²) in [6.45, 7) is 4.95. The smallest absolute Gasteiger partial charge is 0.119 e. The SMILES string of the molecule is CCCc1ccc(C2CCC(C#Cc3ccc(OCC)cc3)CC2)cc1. The molecule has 26 heavy (non-hydrogen) atoms. The molecule has 3 rings (SSSR count). The molecule has 1 heteroatoms. The highest BCUT2D eigenvalue weighted by molar-refractivity contribution is 5.38. The van der Waals surface area contributed by atoms with Crippen LogP contribution in [0.25, 0.3) is 0 Å². The first-order chi connectivity index (χ1) is 12.8. The molecular formula is C25H30O. The Labute approximate surface area is 158 Å². The molecule has 0 unspecified atom stereocenters. The predicted octanol–water partition coefficient (Wildman–Crippen LogP) is 6.36. The largest absolute Gasteiger partial charge is 0.494 e. The number of ether oxygens (including phenoxy) is 1. The maximum atomic E-state index is 5.48. The lowest BCUT2D eigenvalue weighted by Crippen LogP contribution is -2.12. The second kappa shape index (κ2) is 9.48. The highest BCUT2D eigenvalue weighted by atomic mass is 16.5. The summed E-state index contributed by atoms with van der Waals surface area (Å²) in [4.78, 5) is 0. The van der Waals surface area contributed by atoms with Crippen LogP contribution in [0.15, 0.2) is 48.5 Å². The maximum absolute atomic E-state index is 5.48. The van der Waals surface area contributed by atoms with E-state index >= 15 is 0 Å². The van der Waals surface area contributed by atoms with Crippen LogP contribution in [0, 0.1) is 17.8 Å². The van der Waals surface area contributed by atoms with Crippen LogP contribution >= 0.6 is 0 Å². The number of rotatable bonds is 5. The van der Waals surface area contributed by atoms with E-state index in [-0.39, 0.29) is 0 Å². The van der Waals surface area contributed by atoms with E-state index in [1.807, 2.05) is 19.1 Å². The minimum Gasteiger partial charge on any atom is -0.494 e. The van der Waals surface area contributed by atoms with Gasteiger partial charge in [0.15, 0.2) is 0 Å². The topological polar surface area (TPSA) is 9.23 Å². The van der Waals surface area contributed by atoms with Crippen LogP contribution in [0.3, 0.4) is 0 Å². The zero-order valence-electron chi connectivity index (χ0n) is 16.1. The van der Waals surface area contributed by atoms with Gasteiger partial charge in [-0.3, -0.25) is 0 Å². The van der Waals surface area contributed by atoms with Crippen molar-refractivity contribution >= 4 is 0 Å². The Morgan fingerprint density at radius 3 is 2.19 bits per heavy atom. The molecule has 136 valence electrons. The molecule has 0 saturated heterocycles. The van der Waals surface area contributed by atoms with Crippen molar-refractivity contribution in [3.8, 4) is 17.6 Å². The number of hydrogen-bond acceptors (Lipinski definition) is 1. The second-order valence-corrected chi connectivity index (χ2v) is 7.27. The van der Waals surface area contributed by atoms with E-state index in [9.17, 15) is 0 Å². The van der Waals surface area contributed by atoms with Gasteiger partial charge in [-0.05, 0) is 80.3 Å². The highest BCUT2D eigenvalue weighted by Gasteiger charge is 2.21. The zero-order valence-corrected chi connectivity index (χ0v) is 16.1. The first-order valence-corrected chi connectivity index (χ1v) is 10.1. The van der Waals surface area contributed by atoms with E-state index in [2.05, 4.69) is 55.2 Å². The summed E-state index contributed by atoms with van der Waals surface area (Å²) in [5.74, 6) is 9.03.